The molecule has 0 aromatic heterocycles. The standard InChI is InChI=1S/C7H6O5/c8-4-1-2-6(5(9)3-4)12-7(10)11/h1-3,8-9H,(H,10,11). The van der Waals surface area contributed by atoms with E-state index in [1.807, 2.05) is 0 Å². The molecule has 5 heteroatoms. The van der Waals surface area contributed by atoms with E-state index in [-0.39, 0.29) is 11.5 Å². The summed E-state index contributed by atoms with van der Waals surface area (Å²) >= 11 is 0. The van der Waals surface area contributed by atoms with E-state index < -0.39 is 11.9 Å². The summed E-state index contributed by atoms with van der Waals surface area (Å²) in [5.74, 6) is -0.789. The number of phenolic OH excluding ortho intramolecular Hbond substituents is 2. The number of ether oxygens (including phenoxy) is 1. The Bertz CT molecular complexity index is 307. The molecule has 0 aliphatic heterocycles. The van der Waals surface area contributed by atoms with Crippen LogP contribution in [0.15, 0.2) is 18.2 Å². The van der Waals surface area contributed by atoms with Gasteiger partial charge in [0, 0.05) is 6.07 Å². The SMILES string of the molecule is O=C(O)Oc1ccc(O)cc1O. The molecule has 1 aromatic carbocycles. The highest BCUT2D eigenvalue weighted by Gasteiger charge is 2.06. The molecule has 0 aliphatic carbocycles. The minimum Gasteiger partial charge on any atom is -0.508 e. The first kappa shape index (κ1) is 8.19. The van der Waals surface area contributed by atoms with Gasteiger partial charge in [0.25, 0.3) is 0 Å². The lowest BCUT2D eigenvalue weighted by molar-refractivity contribution is 0.143. The van der Waals surface area contributed by atoms with E-state index in [1.165, 1.54) is 6.07 Å². The molecule has 0 aliphatic rings. The lowest BCUT2D eigenvalue weighted by Gasteiger charge is -2.01. The van der Waals surface area contributed by atoms with Gasteiger partial charge in [0.2, 0.25) is 0 Å². The van der Waals surface area contributed by atoms with E-state index in [9.17, 15) is 4.79 Å². The number of hydrogen-bond acceptors (Lipinski definition) is 4. The Morgan fingerprint density at radius 3 is 2.50 bits per heavy atom. The zero-order valence-corrected chi connectivity index (χ0v) is 5.89. The van der Waals surface area contributed by atoms with Gasteiger partial charge in [-0.25, -0.2) is 4.79 Å². The van der Waals surface area contributed by atoms with Crippen LogP contribution in [0.4, 0.5) is 4.79 Å². The van der Waals surface area contributed by atoms with Crippen LogP contribution in [0, 0.1) is 0 Å². The van der Waals surface area contributed by atoms with Crippen molar-refractivity contribution in [1.82, 2.24) is 0 Å². The second kappa shape index (κ2) is 3.00. The van der Waals surface area contributed by atoms with Crippen LogP contribution in [0.2, 0.25) is 0 Å². The fraction of sp³-hybridized carbons (Fsp3) is 0. The second-order valence-electron chi connectivity index (χ2n) is 2.02. The Kier molecular flexibility index (Phi) is 2.05. The Balaban J connectivity index is 2.93. The molecule has 0 saturated heterocycles. The molecular formula is C7H6O5. The minimum absolute atomic E-state index is 0.162. The third kappa shape index (κ3) is 1.79. The Morgan fingerprint density at radius 2 is 2.00 bits per heavy atom. The minimum atomic E-state index is -1.52. The van der Waals surface area contributed by atoms with Crippen molar-refractivity contribution in [2.45, 2.75) is 0 Å². The number of phenols is 2. The molecule has 3 N–H and O–H groups in total. The van der Waals surface area contributed by atoms with Gasteiger partial charge in [-0.3, -0.25) is 0 Å². The van der Waals surface area contributed by atoms with E-state index in [0.717, 1.165) is 12.1 Å². The molecule has 0 spiro atoms. The van der Waals surface area contributed by atoms with E-state index in [4.69, 9.17) is 15.3 Å². The summed E-state index contributed by atoms with van der Waals surface area (Å²) in [5, 5.41) is 26.0. The molecule has 0 saturated carbocycles. The molecule has 0 radical (unpaired) electrons. The van der Waals surface area contributed by atoms with Gasteiger partial charge in [-0.15, -0.1) is 0 Å². The van der Waals surface area contributed by atoms with Crippen LogP contribution in [0.3, 0.4) is 0 Å². The Labute approximate surface area is 67.5 Å². The van der Waals surface area contributed by atoms with Gasteiger partial charge < -0.3 is 20.1 Å². The number of carboxylic acid groups (broad SMARTS) is 1. The fourth-order valence-corrected chi connectivity index (χ4v) is 0.686. The molecule has 0 atom stereocenters. The van der Waals surface area contributed by atoms with Crippen molar-refractivity contribution in [3.8, 4) is 17.2 Å². The number of carbonyl (C=O) groups is 1. The Morgan fingerprint density at radius 1 is 1.33 bits per heavy atom. The highest BCUT2D eigenvalue weighted by molar-refractivity contribution is 5.63. The predicted octanol–water partition coefficient (Wildman–Crippen LogP) is 1.15. The van der Waals surface area contributed by atoms with E-state index in [2.05, 4.69) is 4.74 Å². The van der Waals surface area contributed by atoms with Crippen LogP contribution >= 0.6 is 0 Å². The third-order valence-electron chi connectivity index (χ3n) is 1.14. The summed E-state index contributed by atoms with van der Waals surface area (Å²) in [7, 11) is 0. The summed E-state index contributed by atoms with van der Waals surface area (Å²) in [6.45, 7) is 0. The summed E-state index contributed by atoms with van der Waals surface area (Å²) in [4.78, 5) is 10.0. The molecule has 5 nitrogen and oxygen atoms in total. The predicted molar refractivity (Wildman–Crippen MR) is 38.4 cm³/mol. The van der Waals surface area contributed by atoms with Crippen molar-refractivity contribution in [2.75, 3.05) is 0 Å². The van der Waals surface area contributed by atoms with Crippen molar-refractivity contribution >= 4 is 6.16 Å². The average molecular weight is 170 g/mol. The van der Waals surface area contributed by atoms with E-state index >= 15 is 0 Å². The van der Waals surface area contributed by atoms with Crippen LogP contribution in [0.25, 0.3) is 0 Å². The van der Waals surface area contributed by atoms with Crippen LogP contribution in [0.1, 0.15) is 0 Å². The number of rotatable bonds is 1. The zero-order valence-electron chi connectivity index (χ0n) is 5.89. The van der Waals surface area contributed by atoms with Crippen molar-refractivity contribution in [3.63, 3.8) is 0 Å². The van der Waals surface area contributed by atoms with Crippen LogP contribution < -0.4 is 4.74 Å². The van der Waals surface area contributed by atoms with Crippen molar-refractivity contribution in [1.29, 1.82) is 0 Å². The summed E-state index contributed by atoms with van der Waals surface area (Å²) < 4.78 is 4.16. The van der Waals surface area contributed by atoms with Gasteiger partial charge >= 0.3 is 6.16 Å². The second-order valence-corrected chi connectivity index (χ2v) is 2.02. The molecule has 0 bridgehead atoms. The van der Waals surface area contributed by atoms with Crippen molar-refractivity contribution in [2.24, 2.45) is 0 Å². The maximum Gasteiger partial charge on any atom is 0.511 e. The fourth-order valence-electron chi connectivity index (χ4n) is 0.686. The molecule has 0 amide bonds. The first-order valence-electron chi connectivity index (χ1n) is 3.02. The molecule has 1 rings (SSSR count). The number of benzene rings is 1. The van der Waals surface area contributed by atoms with Gasteiger partial charge in [-0.2, -0.15) is 0 Å². The van der Waals surface area contributed by atoms with E-state index in [1.54, 1.807) is 0 Å². The lowest BCUT2D eigenvalue weighted by Crippen LogP contribution is -2.02. The lowest BCUT2D eigenvalue weighted by atomic mass is 10.3. The van der Waals surface area contributed by atoms with Gasteiger partial charge in [0.15, 0.2) is 11.5 Å². The third-order valence-corrected chi connectivity index (χ3v) is 1.14. The van der Waals surface area contributed by atoms with Crippen molar-refractivity contribution in [3.05, 3.63) is 18.2 Å². The van der Waals surface area contributed by atoms with E-state index in [0.29, 0.717) is 0 Å². The molecule has 0 heterocycles. The maximum absolute atomic E-state index is 10.0. The van der Waals surface area contributed by atoms with Crippen molar-refractivity contribution < 1.29 is 24.9 Å². The normalized spacial score (nSPS) is 9.33. The zero-order chi connectivity index (χ0) is 9.14. The quantitative estimate of drug-likeness (QED) is 0.434. The smallest absolute Gasteiger partial charge is 0.508 e. The Hall–Kier alpha value is -1.91. The molecule has 0 unspecified atom stereocenters. The maximum atomic E-state index is 10.0. The van der Waals surface area contributed by atoms with Gasteiger partial charge in [-0.1, -0.05) is 0 Å². The molecular weight excluding hydrogens is 164 g/mol. The molecule has 12 heavy (non-hydrogen) atoms. The molecule has 0 fully saturated rings. The van der Waals surface area contributed by atoms with Crippen LogP contribution in [-0.4, -0.2) is 21.5 Å². The van der Waals surface area contributed by atoms with Crippen LogP contribution in [-0.2, 0) is 0 Å². The molecule has 64 valence electrons. The van der Waals surface area contributed by atoms with Crippen LogP contribution in [0.5, 0.6) is 17.2 Å². The largest absolute Gasteiger partial charge is 0.511 e. The highest BCUT2D eigenvalue weighted by atomic mass is 16.7. The highest BCUT2D eigenvalue weighted by Crippen LogP contribution is 2.29. The molecule has 1 aromatic rings. The summed E-state index contributed by atoms with van der Waals surface area (Å²) in [6, 6.07) is 3.34. The van der Waals surface area contributed by atoms with Gasteiger partial charge in [-0.05, 0) is 12.1 Å². The first-order chi connectivity index (χ1) is 5.59. The number of aromatic hydroxyl groups is 2. The number of hydrogen-bond donors (Lipinski definition) is 3. The topological polar surface area (TPSA) is 87.0 Å². The first-order valence-corrected chi connectivity index (χ1v) is 3.02. The summed E-state index contributed by atoms with van der Waals surface area (Å²) in [6.07, 6.45) is -1.52. The summed E-state index contributed by atoms with van der Waals surface area (Å²) in [5.41, 5.74) is 0. The monoisotopic (exact) mass is 170 g/mol. The average Bonchev–Trinajstić information content (AvgIpc) is 1.94. The van der Waals surface area contributed by atoms with Gasteiger partial charge in [0.05, 0.1) is 0 Å². The van der Waals surface area contributed by atoms with Gasteiger partial charge in [0.1, 0.15) is 5.75 Å².